The molecule has 0 heterocycles. The van der Waals surface area contributed by atoms with Gasteiger partial charge in [-0.2, -0.15) is 0 Å². The number of carbonyl (C=O) groups is 2. The molecule has 58 heavy (non-hydrogen) atoms. The number of hydrogen-bond acceptors (Lipinski definition) is 8. The minimum absolute atomic E-state index is 0.0453. The van der Waals surface area contributed by atoms with Crippen molar-refractivity contribution in [3.8, 4) is 0 Å². The van der Waals surface area contributed by atoms with Crippen LogP contribution in [0.3, 0.4) is 0 Å². The van der Waals surface area contributed by atoms with Gasteiger partial charge in [0.25, 0.3) is 7.82 Å². The summed E-state index contributed by atoms with van der Waals surface area (Å²) in [6, 6.07) is 0. The summed E-state index contributed by atoms with van der Waals surface area (Å²) >= 11 is 0. The first-order valence-electron chi connectivity index (χ1n) is 23.0. The predicted octanol–water partition coefficient (Wildman–Crippen LogP) is 12.6. The Morgan fingerprint density at radius 2 is 0.966 bits per heavy atom. The van der Waals surface area contributed by atoms with E-state index in [0.717, 1.165) is 44.9 Å². The standard InChI is InChI=1S/C48H86NO8P/c1-6-8-10-12-14-16-18-20-22-23-24-25-27-29-31-33-35-37-39-41-48(51)57-46(45-56-58(52,53)55-43-42-49(3,4)5)44-54-47(50)40-38-36-34-32-30-28-26-21-19-17-15-13-11-9-7-2/h14,16,20,22,24-25,29,31,35,37,46H,6-13,15,17-19,21,23,26-28,30,32-34,36,38-45H2,1-5H3/b16-14-,22-20-,25-24-,31-29-,37-35-/t46-/m1/s1. The molecule has 0 aromatic carbocycles. The number of hydrogen-bond donors (Lipinski definition) is 0. The molecular weight excluding hydrogens is 750 g/mol. The van der Waals surface area contributed by atoms with Crippen LogP contribution in [0.15, 0.2) is 60.8 Å². The third-order valence-electron chi connectivity index (χ3n) is 9.55. The number of phosphoric acid groups is 1. The number of unbranched alkanes of at least 4 members (excludes halogenated alkanes) is 17. The predicted molar refractivity (Wildman–Crippen MR) is 240 cm³/mol. The van der Waals surface area contributed by atoms with Crippen molar-refractivity contribution in [3.63, 3.8) is 0 Å². The number of nitrogens with zero attached hydrogens (tertiary/aromatic N) is 1. The van der Waals surface area contributed by atoms with Crippen LogP contribution in [-0.4, -0.2) is 70.0 Å². The molecular formula is C48H86NO8P. The summed E-state index contributed by atoms with van der Waals surface area (Å²) in [4.78, 5) is 37.5. The molecule has 0 spiro atoms. The monoisotopic (exact) mass is 836 g/mol. The van der Waals surface area contributed by atoms with Crippen LogP contribution in [0, 0.1) is 0 Å². The zero-order valence-electron chi connectivity index (χ0n) is 37.7. The highest BCUT2D eigenvalue weighted by Gasteiger charge is 2.21. The van der Waals surface area contributed by atoms with E-state index in [9.17, 15) is 19.0 Å². The van der Waals surface area contributed by atoms with Crippen LogP contribution in [0.4, 0.5) is 0 Å². The second-order valence-electron chi connectivity index (χ2n) is 16.4. The van der Waals surface area contributed by atoms with Gasteiger partial charge in [0.05, 0.1) is 27.7 Å². The molecule has 0 aromatic rings. The van der Waals surface area contributed by atoms with Crippen molar-refractivity contribution in [2.24, 2.45) is 0 Å². The van der Waals surface area contributed by atoms with E-state index >= 15 is 0 Å². The fourth-order valence-corrected chi connectivity index (χ4v) is 6.66. The van der Waals surface area contributed by atoms with Gasteiger partial charge in [0, 0.05) is 12.8 Å². The molecule has 9 nitrogen and oxygen atoms in total. The van der Waals surface area contributed by atoms with Crippen molar-refractivity contribution >= 4 is 19.8 Å². The number of carbonyl (C=O) groups excluding carboxylic acids is 2. The van der Waals surface area contributed by atoms with Crippen LogP contribution < -0.4 is 4.89 Å². The minimum Gasteiger partial charge on any atom is -0.756 e. The van der Waals surface area contributed by atoms with Crippen LogP contribution in [0.2, 0.25) is 0 Å². The highest BCUT2D eigenvalue weighted by atomic mass is 31.2. The van der Waals surface area contributed by atoms with E-state index in [2.05, 4.69) is 62.5 Å². The number of phosphoric ester groups is 1. The summed E-state index contributed by atoms with van der Waals surface area (Å²) < 4.78 is 33.8. The maximum absolute atomic E-state index is 12.7. The van der Waals surface area contributed by atoms with E-state index in [1.807, 2.05) is 33.3 Å². The third-order valence-corrected chi connectivity index (χ3v) is 10.5. The average Bonchev–Trinajstić information content (AvgIpc) is 3.17. The van der Waals surface area contributed by atoms with Crippen molar-refractivity contribution in [1.29, 1.82) is 0 Å². The minimum atomic E-state index is -4.65. The molecule has 0 bridgehead atoms. The zero-order valence-corrected chi connectivity index (χ0v) is 38.6. The molecule has 10 heteroatoms. The Labute approximate surface area is 356 Å². The normalized spacial score (nSPS) is 14.1. The molecule has 0 aliphatic carbocycles. The average molecular weight is 836 g/mol. The molecule has 0 saturated carbocycles. The number of rotatable bonds is 41. The highest BCUT2D eigenvalue weighted by Crippen LogP contribution is 2.38. The molecule has 0 N–H and O–H groups in total. The van der Waals surface area contributed by atoms with E-state index in [-0.39, 0.29) is 26.1 Å². The van der Waals surface area contributed by atoms with E-state index < -0.39 is 32.5 Å². The van der Waals surface area contributed by atoms with Crippen molar-refractivity contribution in [1.82, 2.24) is 0 Å². The SMILES string of the molecule is CCCCC/C=C\C/C=C\C/C=C\C/C=C\C/C=C\CCC(=O)O[C@H](COC(=O)CCCCCCCCCCCCCCCCC)COP(=O)([O-])OCC[N+](C)(C)C. The Balaban J connectivity index is 4.46. The topological polar surface area (TPSA) is 111 Å². The molecule has 0 aliphatic rings. The molecule has 0 saturated heterocycles. The van der Waals surface area contributed by atoms with Gasteiger partial charge in [-0.05, 0) is 51.4 Å². The lowest BCUT2D eigenvalue weighted by atomic mass is 10.0. The number of ether oxygens (including phenoxy) is 2. The van der Waals surface area contributed by atoms with Gasteiger partial charge in [0.15, 0.2) is 6.10 Å². The molecule has 0 radical (unpaired) electrons. The first-order chi connectivity index (χ1) is 28.0. The molecule has 2 atom stereocenters. The third kappa shape index (κ3) is 43.3. The first kappa shape index (κ1) is 55.7. The smallest absolute Gasteiger partial charge is 0.306 e. The molecule has 0 rings (SSSR count). The van der Waals surface area contributed by atoms with Crippen molar-refractivity contribution in [2.75, 3.05) is 47.5 Å². The molecule has 0 fully saturated rings. The second-order valence-corrected chi connectivity index (χ2v) is 17.8. The lowest BCUT2D eigenvalue weighted by Gasteiger charge is -2.28. The maximum atomic E-state index is 12.7. The molecule has 1 unspecified atom stereocenters. The summed E-state index contributed by atoms with van der Waals surface area (Å²) in [6.07, 6.45) is 48.3. The summed E-state index contributed by atoms with van der Waals surface area (Å²) in [5.74, 6) is -0.930. The van der Waals surface area contributed by atoms with Crippen molar-refractivity contribution < 1.29 is 42.1 Å². The van der Waals surface area contributed by atoms with E-state index in [0.29, 0.717) is 17.4 Å². The first-order valence-corrected chi connectivity index (χ1v) is 24.5. The van der Waals surface area contributed by atoms with Gasteiger partial charge >= 0.3 is 11.9 Å². The van der Waals surface area contributed by atoms with Crippen LogP contribution in [-0.2, 0) is 32.7 Å². The Kier molecular flexibility index (Phi) is 38.5. The van der Waals surface area contributed by atoms with Gasteiger partial charge in [-0.15, -0.1) is 0 Å². The van der Waals surface area contributed by atoms with Crippen molar-refractivity contribution in [2.45, 2.75) is 187 Å². The van der Waals surface area contributed by atoms with Crippen LogP contribution in [0.25, 0.3) is 0 Å². The molecule has 0 aliphatic heterocycles. The molecule has 0 aromatic heterocycles. The van der Waals surface area contributed by atoms with Crippen LogP contribution in [0.1, 0.15) is 181 Å². The van der Waals surface area contributed by atoms with Gasteiger partial charge < -0.3 is 27.9 Å². The van der Waals surface area contributed by atoms with Crippen molar-refractivity contribution in [3.05, 3.63) is 60.8 Å². The quantitative estimate of drug-likeness (QED) is 0.0197. The van der Waals surface area contributed by atoms with Gasteiger partial charge in [0.2, 0.25) is 0 Å². The summed E-state index contributed by atoms with van der Waals surface area (Å²) in [5.41, 5.74) is 0. The van der Waals surface area contributed by atoms with Crippen LogP contribution in [0.5, 0.6) is 0 Å². The van der Waals surface area contributed by atoms with E-state index in [4.69, 9.17) is 18.5 Å². The van der Waals surface area contributed by atoms with Gasteiger partial charge in [0.1, 0.15) is 19.8 Å². The lowest BCUT2D eigenvalue weighted by Crippen LogP contribution is -2.37. The molecule has 0 amide bonds. The second kappa shape index (κ2) is 40.1. The fourth-order valence-electron chi connectivity index (χ4n) is 5.93. The van der Waals surface area contributed by atoms with Gasteiger partial charge in [-0.3, -0.25) is 14.2 Å². The van der Waals surface area contributed by atoms with Crippen LogP contribution >= 0.6 is 7.82 Å². The summed E-state index contributed by atoms with van der Waals surface area (Å²) in [7, 11) is 1.12. The summed E-state index contributed by atoms with van der Waals surface area (Å²) in [5, 5.41) is 0. The van der Waals surface area contributed by atoms with Gasteiger partial charge in [-0.25, -0.2) is 0 Å². The largest absolute Gasteiger partial charge is 0.756 e. The Bertz CT molecular complexity index is 1170. The van der Waals surface area contributed by atoms with Gasteiger partial charge in [-0.1, -0.05) is 177 Å². The summed E-state index contributed by atoms with van der Waals surface area (Å²) in [6.45, 7) is 4.12. The van der Waals surface area contributed by atoms with E-state index in [1.165, 1.54) is 103 Å². The Morgan fingerprint density at radius 1 is 0.534 bits per heavy atom. The number of quaternary nitrogens is 1. The number of allylic oxidation sites excluding steroid dienone is 10. The number of esters is 2. The lowest BCUT2D eigenvalue weighted by molar-refractivity contribution is -0.870. The zero-order chi connectivity index (χ0) is 42.8. The fraction of sp³-hybridized carbons (Fsp3) is 0.750. The highest BCUT2D eigenvalue weighted by molar-refractivity contribution is 7.45. The molecule has 336 valence electrons. The number of likely N-dealkylation sites (N-methyl/N-ethyl adjacent to an activating group) is 1. The Morgan fingerprint density at radius 3 is 1.45 bits per heavy atom. The van der Waals surface area contributed by atoms with E-state index in [1.54, 1.807) is 0 Å². The Hall–Kier alpha value is -2.29. The maximum Gasteiger partial charge on any atom is 0.306 e.